The maximum atomic E-state index is 5.49. The van der Waals surface area contributed by atoms with Crippen LogP contribution in [0.5, 0.6) is 5.75 Å². The zero-order valence-electron chi connectivity index (χ0n) is 9.49. The number of ether oxygens (including phenoxy) is 1. The van der Waals surface area contributed by atoms with Gasteiger partial charge < -0.3 is 4.74 Å². The van der Waals surface area contributed by atoms with Crippen LogP contribution in [0, 0.1) is 0 Å². The fraction of sp³-hybridized carbons (Fsp3) is 0.500. The van der Waals surface area contributed by atoms with Crippen LogP contribution >= 0.6 is 0 Å². The third kappa shape index (κ3) is 3.90. The van der Waals surface area contributed by atoms with Crippen LogP contribution in [0.2, 0.25) is 0 Å². The fourth-order valence-electron chi connectivity index (χ4n) is 1.64. The molecule has 3 N–H and O–H groups in total. The summed E-state index contributed by atoms with van der Waals surface area (Å²) in [7, 11) is 1.68. The first-order chi connectivity index (χ1) is 7.30. The summed E-state index contributed by atoms with van der Waals surface area (Å²) in [4.78, 5) is 0. The summed E-state index contributed by atoms with van der Waals surface area (Å²) in [6.45, 7) is 2.17. The number of hydrogen-bond donors (Lipinski definition) is 2. The van der Waals surface area contributed by atoms with Crippen molar-refractivity contribution in [2.24, 2.45) is 5.84 Å². The van der Waals surface area contributed by atoms with Gasteiger partial charge in [-0.2, -0.15) is 0 Å². The number of nitrogens with two attached hydrogens (primary N) is 1. The highest BCUT2D eigenvalue weighted by Crippen LogP contribution is 2.13. The van der Waals surface area contributed by atoms with Crippen LogP contribution in [0.25, 0.3) is 0 Å². The van der Waals surface area contributed by atoms with Crippen molar-refractivity contribution in [3.8, 4) is 5.75 Å². The van der Waals surface area contributed by atoms with Crippen LogP contribution in [0.4, 0.5) is 0 Å². The SMILES string of the molecule is CCCC(Cc1ccc(OC)cc1)NN. The summed E-state index contributed by atoms with van der Waals surface area (Å²) < 4.78 is 5.11. The Morgan fingerprint density at radius 1 is 1.33 bits per heavy atom. The molecule has 0 aromatic heterocycles. The van der Waals surface area contributed by atoms with Gasteiger partial charge in [0, 0.05) is 6.04 Å². The van der Waals surface area contributed by atoms with Crippen molar-refractivity contribution >= 4 is 0 Å². The molecule has 0 aliphatic carbocycles. The van der Waals surface area contributed by atoms with E-state index in [-0.39, 0.29) is 0 Å². The molecule has 0 radical (unpaired) electrons. The van der Waals surface area contributed by atoms with Crippen molar-refractivity contribution in [1.82, 2.24) is 5.43 Å². The first-order valence-electron chi connectivity index (χ1n) is 5.39. The van der Waals surface area contributed by atoms with E-state index in [1.807, 2.05) is 12.1 Å². The molecule has 0 heterocycles. The molecular weight excluding hydrogens is 188 g/mol. The van der Waals surface area contributed by atoms with Crippen LogP contribution in [0.3, 0.4) is 0 Å². The minimum Gasteiger partial charge on any atom is -0.497 e. The molecule has 1 unspecified atom stereocenters. The molecule has 0 bridgehead atoms. The van der Waals surface area contributed by atoms with E-state index >= 15 is 0 Å². The Labute approximate surface area is 91.6 Å². The number of nitrogens with one attached hydrogen (secondary N) is 1. The second-order valence-electron chi connectivity index (χ2n) is 3.70. The monoisotopic (exact) mass is 208 g/mol. The first-order valence-corrected chi connectivity index (χ1v) is 5.39. The second-order valence-corrected chi connectivity index (χ2v) is 3.70. The lowest BCUT2D eigenvalue weighted by Crippen LogP contribution is -2.36. The predicted octanol–water partition coefficient (Wildman–Crippen LogP) is 1.87. The molecule has 1 aromatic rings. The third-order valence-electron chi connectivity index (χ3n) is 2.51. The quantitative estimate of drug-likeness (QED) is 0.554. The molecule has 1 atom stereocenters. The minimum absolute atomic E-state index is 0.364. The van der Waals surface area contributed by atoms with E-state index in [9.17, 15) is 0 Å². The fourth-order valence-corrected chi connectivity index (χ4v) is 1.64. The number of hydrazine groups is 1. The summed E-state index contributed by atoms with van der Waals surface area (Å²) in [6, 6.07) is 8.49. The Hall–Kier alpha value is -1.06. The minimum atomic E-state index is 0.364. The molecule has 15 heavy (non-hydrogen) atoms. The van der Waals surface area contributed by atoms with Crippen LogP contribution in [0.1, 0.15) is 25.3 Å². The molecule has 1 aromatic carbocycles. The van der Waals surface area contributed by atoms with Gasteiger partial charge in [0.15, 0.2) is 0 Å². The number of hydrogen-bond acceptors (Lipinski definition) is 3. The van der Waals surface area contributed by atoms with Gasteiger partial charge in [-0.15, -0.1) is 0 Å². The van der Waals surface area contributed by atoms with E-state index in [1.54, 1.807) is 7.11 Å². The molecule has 3 heteroatoms. The summed E-state index contributed by atoms with van der Waals surface area (Å²) in [5, 5.41) is 0. The third-order valence-corrected chi connectivity index (χ3v) is 2.51. The highest BCUT2D eigenvalue weighted by atomic mass is 16.5. The van der Waals surface area contributed by atoms with Gasteiger partial charge in [-0.25, -0.2) is 0 Å². The van der Waals surface area contributed by atoms with Crippen LogP contribution in [0.15, 0.2) is 24.3 Å². The van der Waals surface area contributed by atoms with E-state index in [2.05, 4.69) is 24.5 Å². The highest BCUT2D eigenvalue weighted by molar-refractivity contribution is 5.27. The molecule has 0 spiro atoms. The van der Waals surface area contributed by atoms with Crippen LogP contribution < -0.4 is 16.0 Å². The van der Waals surface area contributed by atoms with Gasteiger partial charge >= 0.3 is 0 Å². The Balaban J connectivity index is 2.55. The summed E-state index contributed by atoms with van der Waals surface area (Å²) >= 11 is 0. The van der Waals surface area contributed by atoms with Crippen molar-refractivity contribution in [3.63, 3.8) is 0 Å². The highest BCUT2D eigenvalue weighted by Gasteiger charge is 2.06. The zero-order chi connectivity index (χ0) is 11.1. The van der Waals surface area contributed by atoms with Crippen LogP contribution in [-0.4, -0.2) is 13.2 Å². The van der Waals surface area contributed by atoms with E-state index in [4.69, 9.17) is 10.6 Å². The van der Waals surface area contributed by atoms with Gasteiger partial charge in [0.05, 0.1) is 7.11 Å². The van der Waals surface area contributed by atoms with E-state index in [0.29, 0.717) is 6.04 Å². The van der Waals surface area contributed by atoms with E-state index < -0.39 is 0 Å². The van der Waals surface area contributed by atoms with Gasteiger partial charge in [0.1, 0.15) is 5.75 Å². The Kier molecular flexibility index (Phi) is 5.15. The maximum absolute atomic E-state index is 5.49. The maximum Gasteiger partial charge on any atom is 0.118 e. The molecule has 0 amide bonds. The van der Waals surface area contributed by atoms with E-state index in [1.165, 1.54) is 5.56 Å². The Bertz CT molecular complexity index is 271. The van der Waals surface area contributed by atoms with Gasteiger partial charge in [-0.1, -0.05) is 25.5 Å². The first kappa shape index (κ1) is 12.0. The van der Waals surface area contributed by atoms with E-state index in [0.717, 1.165) is 25.0 Å². The largest absolute Gasteiger partial charge is 0.497 e. The van der Waals surface area contributed by atoms with Crippen molar-refractivity contribution in [1.29, 1.82) is 0 Å². The molecule has 0 aliphatic heterocycles. The average Bonchev–Trinajstić information content (AvgIpc) is 2.29. The Morgan fingerprint density at radius 2 is 2.00 bits per heavy atom. The van der Waals surface area contributed by atoms with Crippen LogP contribution in [-0.2, 0) is 6.42 Å². The number of rotatable bonds is 6. The molecular formula is C12H20N2O. The zero-order valence-corrected chi connectivity index (χ0v) is 9.49. The van der Waals surface area contributed by atoms with Crippen molar-refractivity contribution < 1.29 is 4.74 Å². The summed E-state index contributed by atoms with van der Waals surface area (Å²) in [5.41, 5.74) is 4.13. The number of methoxy groups -OCH3 is 1. The standard InChI is InChI=1S/C12H20N2O/c1-3-4-11(14-13)9-10-5-7-12(15-2)8-6-10/h5-8,11,14H,3-4,9,13H2,1-2H3. The Morgan fingerprint density at radius 3 is 2.47 bits per heavy atom. The molecule has 0 fully saturated rings. The normalized spacial score (nSPS) is 12.5. The lowest BCUT2D eigenvalue weighted by atomic mass is 10.0. The smallest absolute Gasteiger partial charge is 0.118 e. The summed E-state index contributed by atoms with van der Waals surface area (Å²) in [5.74, 6) is 6.38. The molecule has 3 nitrogen and oxygen atoms in total. The number of benzene rings is 1. The van der Waals surface area contributed by atoms with Gasteiger partial charge in [-0.05, 0) is 30.5 Å². The molecule has 0 saturated heterocycles. The molecule has 0 aliphatic rings. The molecule has 0 saturated carbocycles. The second kappa shape index (κ2) is 6.43. The average molecular weight is 208 g/mol. The van der Waals surface area contributed by atoms with Gasteiger partial charge in [0.2, 0.25) is 0 Å². The lowest BCUT2D eigenvalue weighted by Gasteiger charge is -2.14. The van der Waals surface area contributed by atoms with Crippen molar-refractivity contribution in [2.75, 3.05) is 7.11 Å². The summed E-state index contributed by atoms with van der Waals surface area (Å²) in [6.07, 6.45) is 3.21. The van der Waals surface area contributed by atoms with Gasteiger partial charge in [0.25, 0.3) is 0 Å². The topological polar surface area (TPSA) is 47.3 Å². The lowest BCUT2D eigenvalue weighted by molar-refractivity contribution is 0.414. The van der Waals surface area contributed by atoms with Gasteiger partial charge in [-0.3, -0.25) is 11.3 Å². The van der Waals surface area contributed by atoms with Crippen molar-refractivity contribution in [2.45, 2.75) is 32.2 Å². The molecule has 1 rings (SSSR count). The molecule has 84 valence electrons. The van der Waals surface area contributed by atoms with Crippen molar-refractivity contribution in [3.05, 3.63) is 29.8 Å². The predicted molar refractivity (Wildman–Crippen MR) is 62.7 cm³/mol.